The minimum atomic E-state index is -1.28. The van der Waals surface area contributed by atoms with Crippen molar-refractivity contribution < 1.29 is 33.4 Å². The van der Waals surface area contributed by atoms with Crippen molar-refractivity contribution in [2.75, 3.05) is 20.8 Å². The van der Waals surface area contributed by atoms with Gasteiger partial charge in [-0.25, -0.2) is 4.79 Å². The molecule has 0 heterocycles. The molecule has 0 aliphatic heterocycles. The third kappa shape index (κ3) is 4.79. The van der Waals surface area contributed by atoms with Gasteiger partial charge in [-0.15, -0.1) is 0 Å². The minimum absolute atomic E-state index is 0.0650. The van der Waals surface area contributed by atoms with Crippen LogP contribution in [0.15, 0.2) is 28.7 Å². The van der Waals surface area contributed by atoms with Gasteiger partial charge in [0.15, 0.2) is 5.92 Å². The topological polar surface area (TPSA) is 96.0 Å². The second kappa shape index (κ2) is 9.82. The van der Waals surface area contributed by atoms with Gasteiger partial charge in [-0.2, -0.15) is 0 Å². The number of methoxy groups -OCH3 is 2. The molecular formula is C20H23BrO7. The summed E-state index contributed by atoms with van der Waals surface area (Å²) >= 11 is 3.38. The molecule has 1 aliphatic rings. The Hall–Kier alpha value is -2.22. The van der Waals surface area contributed by atoms with Crippen molar-refractivity contribution in [3.63, 3.8) is 0 Å². The van der Waals surface area contributed by atoms with E-state index in [1.54, 1.807) is 6.92 Å². The lowest BCUT2D eigenvalue weighted by molar-refractivity contribution is -0.164. The normalized spacial score (nSPS) is 21.2. The van der Waals surface area contributed by atoms with Gasteiger partial charge in [-0.05, 0) is 49.3 Å². The van der Waals surface area contributed by atoms with Crippen LogP contribution in [0.1, 0.15) is 31.2 Å². The highest BCUT2D eigenvalue weighted by Gasteiger charge is 2.50. The van der Waals surface area contributed by atoms with Crippen LogP contribution in [0.25, 0.3) is 0 Å². The van der Waals surface area contributed by atoms with Gasteiger partial charge in [-0.1, -0.05) is 28.1 Å². The van der Waals surface area contributed by atoms with Crippen LogP contribution >= 0.6 is 15.9 Å². The summed E-state index contributed by atoms with van der Waals surface area (Å²) in [7, 11) is 2.34. The van der Waals surface area contributed by atoms with Gasteiger partial charge in [0, 0.05) is 10.4 Å². The summed E-state index contributed by atoms with van der Waals surface area (Å²) in [6, 6.07) is 7.58. The lowest BCUT2D eigenvalue weighted by atomic mass is 9.81. The minimum Gasteiger partial charge on any atom is -0.468 e. The Kier molecular flexibility index (Phi) is 7.74. The molecule has 0 radical (unpaired) electrons. The molecule has 0 spiro atoms. The van der Waals surface area contributed by atoms with Gasteiger partial charge in [0.05, 0.1) is 20.8 Å². The number of carbonyl (C=O) groups is 4. The molecule has 0 bridgehead atoms. The number of carbonyl (C=O) groups excluding carboxylic acids is 4. The Morgan fingerprint density at radius 2 is 1.61 bits per heavy atom. The number of Topliss-reactive ketones (excluding diaryl/α,β-unsaturated/α-hetero) is 1. The molecule has 0 N–H and O–H groups in total. The summed E-state index contributed by atoms with van der Waals surface area (Å²) in [5.41, 5.74) is 0.959. The SMILES string of the molecule is CCOC(=O)C(=O)C1CC(c2ccc(Br)cc2)CC1C(C(=O)OC)C(=O)OC. The Morgan fingerprint density at radius 3 is 2.11 bits per heavy atom. The van der Waals surface area contributed by atoms with Gasteiger partial charge in [0.1, 0.15) is 0 Å². The summed E-state index contributed by atoms with van der Waals surface area (Å²) in [5, 5.41) is 0. The molecule has 0 amide bonds. The number of ketones is 1. The van der Waals surface area contributed by atoms with E-state index in [1.807, 2.05) is 24.3 Å². The first-order valence-corrected chi connectivity index (χ1v) is 9.75. The first-order valence-electron chi connectivity index (χ1n) is 8.96. The molecule has 0 saturated heterocycles. The van der Waals surface area contributed by atoms with Crippen LogP contribution < -0.4 is 0 Å². The molecule has 8 heteroatoms. The fourth-order valence-corrected chi connectivity index (χ4v) is 4.06. The number of hydrogen-bond donors (Lipinski definition) is 0. The predicted octanol–water partition coefficient (Wildman–Crippen LogP) is 2.65. The number of esters is 3. The molecule has 3 unspecified atom stereocenters. The lowest BCUT2D eigenvalue weighted by Crippen LogP contribution is -2.39. The molecule has 28 heavy (non-hydrogen) atoms. The highest BCUT2D eigenvalue weighted by atomic mass is 79.9. The van der Waals surface area contributed by atoms with Gasteiger partial charge in [0.25, 0.3) is 0 Å². The van der Waals surface area contributed by atoms with Gasteiger partial charge < -0.3 is 14.2 Å². The van der Waals surface area contributed by atoms with Crippen LogP contribution in [0.5, 0.6) is 0 Å². The van der Waals surface area contributed by atoms with Crippen molar-refractivity contribution in [2.45, 2.75) is 25.7 Å². The zero-order valence-corrected chi connectivity index (χ0v) is 17.6. The van der Waals surface area contributed by atoms with Crippen LogP contribution in [-0.4, -0.2) is 44.5 Å². The largest absolute Gasteiger partial charge is 0.468 e. The first-order chi connectivity index (χ1) is 13.3. The van der Waals surface area contributed by atoms with E-state index in [-0.39, 0.29) is 12.5 Å². The van der Waals surface area contributed by atoms with E-state index in [1.165, 1.54) is 14.2 Å². The van der Waals surface area contributed by atoms with Gasteiger partial charge >= 0.3 is 17.9 Å². The monoisotopic (exact) mass is 454 g/mol. The lowest BCUT2D eigenvalue weighted by Gasteiger charge is -2.23. The molecule has 1 fully saturated rings. The maximum atomic E-state index is 12.7. The summed E-state index contributed by atoms with van der Waals surface area (Å²) in [5.74, 6) is -6.19. The van der Waals surface area contributed by atoms with Crippen LogP contribution in [0.4, 0.5) is 0 Å². The number of halogens is 1. The fourth-order valence-electron chi connectivity index (χ4n) is 3.80. The van der Waals surface area contributed by atoms with Crippen molar-refractivity contribution >= 4 is 39.6 Å². The van der Waals surface area contributed by atoms with E-state index in [2.05, 4.69) is 15.9 Å². The molecule has 1 saturated carbocycles. The number of benzene rings is 1. The average molecular weight is 455 g/mol. The van der Waals surface area contributed by atoms with Crippen LogP contribution in [0.2, 0.25) is 0 Å². The Bertz CT molecular complexity index is 727. The molecule has 0 aromatic heterocycles. The second-order valence-corrected chi connectivity index (χ2v) is 7.51. The highest BCUT2D eigenvalue weighted by molar-refractivity contribution is 9.10. The smallest absolute Gasteiger partial charge is 0.374 e. The van der Waals surface area contributed by atoms with E-state index in [4.69, 9.17) is 14.2 Å². The van der Waals surface area contributed by atoms with E-state index in [9.17, 15) is 19.2 Å². The molecule has 1 aromatic rings. The maximum Gasteiger partial charge on any atom is 0.374 e. The average Bonchev–Trinajstić information content (AvgIpc) is 3.12. The molecular weight excluding hydrogens is 432 g/mol. The predicted molar refractivity (Wildman–Crippen MR) is 102 cm³/mol. The maximum absolute atomic E-state index is 12.7. The standard InChI is InChI=1S/C20H23BrO7/c1-4-28-20(25)17(22)15-10-12(11-5-7-13(21)8-6-11)9-14(15)16(18(23)26-2)19(24)27-3/h5-8,12,14-16H,4,9-10H2,1-3H3. The fraction of sp³-hybridized carbons (Fsp3) is 0.500. The zero-order valence-electron chi connectivity index (χ0n) is 16.0. The first kappa shape index (κ1) is 22.1. The quantitative estimate of drug-likeness (QED) is 0.270. The van der Waals surface area contributed by atoms with Crippen LogP contribution in [0.3, 0.4) is 0 Å². The van der Waals surface area contributed by atoms with Crippen molar-refractivity contribution in [3.8, 4) is 0 Å². The van der Waals surface area contributed by atoms with Crippen molar-refractivity contribution in [2.24, 2.45) is 17.8 Å². The molecule has 1 aromatic carbocycles. The third-order valence-electron chi connectivity index (χ3n) is 5.11. The number of ether oxygens (including phenoxy) is 3. The summed E-state index contributed by atoms with van der Waals surface area (Å²) in [6.45, 7) is 1.67. The van der Waals surface area contributed by atoms with E-state index in [0.717, 1.165) is 10.0 Å². The van der Waals surface area contributed by atoms with Crippen LogP contribution in [-0.2, 0) is 33.4 Å². The van der Waals surface area contributed by atoms with Gasteiger partial charge in [0.2, 0.25) is 5.78 Å². The number of hydrogen-bond acceptors (Lipinski definition) is 7. The van der Waals surface area contributed by atoms with E-state index in [0.29, 0.717) is 12.8 Å². The molecule has 7 nitrogen and oxygen atoms in total. The summed E-state index contributed by atoms with van der Waals surface area (Å²) < 4.78 is 15.3. The molecule has 152 valence electrons. The van der Waals surface area contributed by atoms with Crippen molar-refractivity contribution in [1.82, 2.24) is 0 Å². The Labute approximate surface area is 171 Å². The van der Waals surface area contributed by atoms with Crippen molar-refractivity contribution in [1.29, 1.82) is 0 Å². The Balaban J connectivity index is 2.39. The highest BCUT2D eigenvalue weighted by Crippen LogP contribution is 2.47. The zero-order chi connectivity index (χ0) is 20.8. The Morgan fingerprint density at radius 1 is 1.04 bits per heavy atom. The van der Waals surface area contributed by atoms with Crippen molar-refractivity contribution in [3.05, 3.63) is 34.3 Å². The van der Waals surface area contributed by atoms with E-state index < -0.39 is 41.4 Å². The third-order valence-corrected chi connectivity index (χ3v) is 5.63. The molecule has 2 rings (SSSR count). The van der Waals surface area contributed by atoms with E-state index >= 15 is 0 Å². The summed E-state index contributed by atoms with van der Waals surface area (Å²) in [6.07, 6.45) is 0.695. The van der Waals surface area contributed by atoms with Gasteiger partial charge in [-0.3, -0.25) is 14.4 Å². The molecule has 3 atom stereocenters. The second-order valence-electron chi connectivity index (χ2n) is 6.60. The molecule has 1 aliphatic carbocycles. The number of rotatable bonds is 7. The summed E-state index contributed by atoms with van der Waals surface area (Å²) in [4.78, 5) is 49.4. The van der Waals surface area contributed by atoms with Crippen LogP contribution in [0, 0.1) is 17.8 Å².